The van der Waals surface area contributed by atoms with E-state index in [4.69, 9.17) is 9.15 Å². The van der Waals surface area contributed by atoms with Crippen molar-refractivity contribution in [2.24, 2.45) is 5.92 Å². The maximum absolute atomic E-state index is 12.8. The fraction of sp³-hybridized carbons (Fsp3) is 0.185. The first-order valence-corrected chi connectivity index (χ1v) is 11.3. The van der Waals surface area contributed by atoms with Crippen LogP contribution in [0.25, 0.3) is 11.5 Å². The molecule has 1 fully saturated rings. The van der Waals surface area contributed by atoms with Gasteiger partial charge in [0.2, 0.25) is 17.7 Å². The number of nitrogens with zero attached hydrogens (tertiary/aromatic N) is 3. The summed E-state index contributed by atoms with van der Waals surface area (Å²) in [4.78, 5) is 26.9. The molecule has 1 aliphatic heterocycles. The summed E-state index contributed by atoms with van der Waals surface area (Å²) in [5, 5.41) is 11.0. The number of aromatic nitrogens is 2. The average Bonchev–Trinajstić information content (AvgIpc) is 3.52. The summed E-state index contributed by atoms with van der Waals surface area (Å²) >= 11 is 0. The van der Waals surface area contributed by atoms with Gasteiger partial charge in [-0.3, -0.25) is 9.59 Å². The van der Waals surface area contributed by atoms with Crippen LogP contribution in [0.15, 0.2) is 83.3 Å². The van der Waals surface area contributed by atoms with Crippen LogP contribution in [0.3, 0.4) is 0 Å². The van der Waals surface area contributed by atoms with E-state index in [0.29, 0.717) is 29.8 Å². The molecule has 1 saturated heterocycles. The Morgan fingerprint density at radius 1 is 1.03 bits per heavy atom. The van der Waals surface area contributed by atoms with E-state index in [-0.39, 0.29) is 24.8 Å². The van der Waals surface area contributed by atoms with Crippen molar-refractivity contribution >= 4 is 23.2 Å². The van der Waals surface area contributed by atoms with Gasteiger partial charge < -0.3 is 19.4 Å². The highest BCUT2D eigenvalue weighted by atomic mass is 16.5. The van der Waals surface area contributed by atoms with E-state index in [2.05, 4.69) is 15.5 Å². The Bertz CT molecular complexity index is 1320. The van der Waals surface area contributed by atoms with E-state index in [1.807, 2.05) is 61.5 Å². The Balaban J connectivity index is 1.14. The third kappa shape index (κ3) is 5.22. The zero-order chi connectivity index (χ0) is 24.2. The summed E-state index contributed by atoms with van der Waals surface area (Å²) in [6, 6.07) is 24.3. The monoisotopic (exact) mass is 468 g/mol. The summed E-state index contributed by atoms with van der Waals surface area (Å²) in [6.07, 6.45) is 0.191. The van der Waals surface area contributed by atoms with Crippen molar-refractivity contribution in [1.29, 1.82) is 0 Å². The van der Waals surface area contributed by atoms with Crippen LogP contribution in [-0.4, -0.2) is 28.6 Å². The van der Waals surface area contributed by atoms with Crippen molar-refractivity contribution in [2.45, 2.75) is 20.0 Å². The highest BCUT2D eigenvalue weighted by molar-refractivity contribution is 6.03. The molecule has 2 amide bonds. The van der Waals surface area contributed by atoms with Crippen molar-refractivity contribution < 1.29 is 18.7 Å². The number of anilines is 2. The minimum atomic E-state index is -0.406. The first-order chi connectivity index (χ1) is 17.0. The van der Waals surface area contributed by atoms with Crippen LogP contribution in [0, 0.1) is 12.8 Å². The fourth-order valence-corrected chi connectivity index (χ4v) is 3.89. The SMILES string of the molecule is Cc1ccc(N2C[C@@H](C(=O)Nc3ccc(OCc4nnc(-c5ccccc5)o4)cc3)CC2=O)cc1. The second-order valence-electron chi connectivity index (χ2n) is 8.41. The Hall–Kier alpha value is -4.46. The van der Waals surface area contributed by atoms with Crippen molar-refractivity contribution in [3.05, 3.63) is 90.3 Å². The van der Waals surface area contributed by atoms with Gasteiger partial charge >= 0.3 is 0 Å². The third-order valence-corrected chi connectivity index (χ3v) is 5.81. The van der Waals surface area contributed by atoms with E-state index in [1.165, 1.54) is 0 Å². The van der Waals surface area contributed by atoms with Crippen molar-refractivity contribution in [3.8, 4) is 17.2 Å². The predicted molar refractivity (Wildman–Crippen MR) is 131 cm³/mol. The summed E-state index contributed by atoms with van der Waals surface area (Å²) < 4.78 is 11.4. The number of carbonyl (C=O) groups is 2. The molecule has 35 heavy (non-hydrogen) atoms. The normalized spacial score (nSPS) is 15.3. The van der Waals surface area contributed by atoms with E-state index in [9.17, 15) is 9.59 Å². The molecule has 1 atom stereocenters. The lowest BCUT2D eigenvalue weighted by molar-refractivity contribution is -0.122. The number of hydrogen-bond donors (Lipinski definition) is 1. The van der Waals surface area contributed by atoms with Crippen LogP contribution < -0.4 is 15.0 Å². The molecule has 5 rings (SSSR count). The Kier molecular flexibility index (Phi) is 6.26. The highest BCUT2D eigenvalue weighted by Crippen LogP contribution is 2.27. The highest BCUT2D eigenvalue weighted by Gasteiger charge is 2.35. The van der Waals surface area contributed by atoms with Crippen molar-refractivity contribution in [3.63, 3.8) is 0 Å². The molecule has 4 aromatic rings. The second kappa shape index (κ2) is 9.80. The number of rotatable bonds is 7. The number of ether oxygens (including phenoxy) is 1. The van der Waals surface area contributed by atoms with Gasteiger partial charge in [0.15, 0.2) is 6.61 Å². The summed E-state index contributed by atoms with van der Waals surface area (Å²) in [5.41, 5.74) is 3.41. The lowest BCUT2D eigenvalue weighted by atomic mass is 10.1. The second-order valence-corrected chi connectivity index (χ2v) is 8.41. The molecule has 0 saturated carbocycles. The quantitative estimate of drug-likeness (QED) is 0.425. The van der Waals surface area contributed by atoms with E-state index >= 15 is 0 Å². The first-order valence-electron chi connectivity index (χ1n) is 11.3. The van der Waals surface area contributed by atoms with E-state index < -0.39 is 5.92 Å². The maximum Gasteiger partial charge on any atom is 0.254 e. The fourth-order valence-electron chi connectivity index (χ4n) is 3.89. The molecule has 0 spiro atoms. The van der Waals surface area contributed by atoms with Crippen LogP contribution >= 0.6 is 0 Å². The minimum absolute atomic E-state index is 0.0470. The number of hydrogen-bond acceptors (Lipinski definition) is 6. The van der Waals surface area contributed by atoms with Gasteiger partial charge in [0.1, 0.15) is 5.75 Å². The van der Waals surface area contributed by atoms with Crippen LogP contribution in [0.1, 0.15) is 17.9 Å². The third-order valence-electron chi connectivity index (χ3n) is 5.81. The van der Waals surface area contributed by atoms with Gasteiger partial charge in [0.05, 0.1) is 5.92 Å². The van der Waals surface area contributed by atoms with Gasteiger partial charge in [0, 0.05) is 29.9 Å². The van der Waals surface area contributed by atoms with Gasteiger partial charge in [-0.25, -0.2) is 0 Å². The lowest BCUT2D eigenvalue weighted by Crippen LogP contribution is -2.28. The van der Waals surface area contributed by atoms with Gasteiger partial charge in [-0.2, -0.15) is 0 Å². The lowest BCUT2D eigenvalue weighted by Gasteiger charge is -2.17. The zero-order valence-corrected chi connectivity index (χ0v) is 19.2. The number of aryl methyl sites for hydroxylation is 1. The number of nitrogens with one attached hydrogen (secondary N) is 1. The average molecular weight is 469 g/mol. The summed E-state index contributed by atoms with van der Waals surface area (Å²) in [6.45, 7) is 2.49. The number of carbonyl (C=O) groups excluding carboxylic acids is 2. The van der Waals surface area contributed by atoms with Crippen LogP contribution in [0.4, 0.5) is 11.4 Å². The smallest absolute Gasteiger partial charge is 0.254 e. The molecule has 0 radical (unpaired) electrons. The predicted octanol–water partition coefficient (Wildman–Crippen LogP) is 4.62. The zero-order valence-electron chi connectivity index (χ0n) is 19.2. The van der Waals surface area contributed by atoms with E-state index in [1.54, 1.807) is 29.2 Å². The molecule has 0 bridgehead atoms. The maximum atomic E-state index is 12.8. The van der Waals surface area contributed by atoms with Crippen molar-refractivity contribution in [1.82, 2.24) is 10.2 Å². The van der Waals surface area contributed by atoms with E-state index in [0.717, 1.165) is 16.8 Å². The molecule has 0 unspecified atom stereocenters. The number of benzene rings is 3. The minimum Gasteiger partial charge on any atom is -0.484 e. The Morgan fingerprint density at radius 3 is 2.51 bits per heavy atom. The van der Waals surface area contributed by atoms with Crippen LogP contribution in [0.5, 0.6) is 5.75 Å². The number of amides is 2. The van der Waals surface area contributed by atoms with Gasteiger partial charge in [0.25, 0.3) is 5.89 Å². The molecular formula is C27H24N4O4. The van der Waals surface area contributed by atoms with Crippen LogP contribution in [0.2, 0.25) is 0 Å². The summed E-state index contributed by atoms with van der Waals surface area (Å²) in [5.74, 6) is 0.772. The molecule has 0 aliphatic carbocycles. The molecule has 3 aromatic carbocycles. The largest absolute Gasteiger partial charge is 0.484 e. The van der Waals surface area contributed by atoms with Crippen molar-refractivity contribution in [2.75, 3.05) is 16.8 Å². The Labute approximate surface area is 202 Å². The molecule has 1 N–H and O–H groups in total. The summed E-state index contributed by atoms with van der Waals surface area (Å²) in [7, 11) is 0. The topological polar surface area (TPSA) is 97.6 Å². The first kappa shape index (κ1) is 22.3. The van der Waals surface area contributed by atoms with Gasteiger partial charge in [-0.15, -0.1) is 10.2 Å². The molecular weight excluding hydrogens is 444 g/mol. The molecule has 1 aromatic heterocycles. The molecule has 176 valence electrons. The molecule has 8 nitrogen and oxygen atoms in total. The van der Waals surface area contributed by atoms with Crippen LogP contribution in [-0.2, 0) is 16.2 Å². The molecule has 1 aliphatic rings. The van der Waals surface area contributed by atoms with Gasteiger partial charge in [-0.1, -0.05) is 35.9 Å². The Morgan fingerprint density at radius 2 is 1.77 bits per heavy atom. The molecule has 2 heterocycles. The standard InChI is InChI=1S/C27H24N4O4/c1-18-7-11-22(12-8-18)31-16-20(15-25(31)32)26(33)28-21-9-13-23(14-10-21)34-17-24-29-30-27(35-24)19-5-3-2-4-6-19/h2-14,20H,15-17H2,1H3,(H,28,33)/t20-/m0/s1. The van der Waals surface area contributed by atoms with Gasteiger partial charge in [-0.05, 0) is 55.5 Å². The molecule has 8 heteroatoms.